The molecule has 1 aromatic carbocycles. The lowest BCUT2D eigenvalue weighted by Crippen LogP contribution is -2.31. The van der Waals surface area contributed by atoms with Crippen LogP contribution in [0.1, 0.15) is 5.56 Å². The number of anilines is 1. The Labute approximate surface area is 94.0 Å². The van der Waals surface area contributed by atoms with E-state index in [0.29, 0.717) is 13.2 Å². The van der Waals surface area contributed by atoms with Gasteiger partial charge < -0.3 is 15.2 Å². The summed E-state index contributed by atoms with van der Waals surface area (Å²) in [4.78, 5) is 0. The van der Waals surface area contributed by atoms with E-state index in [1.54, 1.807) is 0 Å². The van der Waals surface area contributed by atoms with Crippen molar-refractivity contribution in [1.29, 1.82) is 0 Å². The van der Waals surface area contributed by atoms with E-state index in [2.05, 4.69) is 5.32 Å². The Balaban J connectivity index is 2.07. The molecule has 0 aromatic heterocycles. The first kappa shape index (κ1) is 10.7. The molecule has 2 unspecified atom stereocenters. The Morgan fingerprint density at radius 3 is 2.87 bits per heavy atom. The number of nitrogens with one attached hydrogen (secondary N) is 1. The van der Waals surface area contributed by atoms with Gasteiger partial charge in [-0.1, -0.05) is 17.7 Å². The summed E-state index contributed by atoms with van der Waals surface area (Å²) in [6, 6.07) is 5.73. The van der Waals surface area contributed by atoms with E-state index in [-0.39, 0.29) is 6.04 Å². The molecule has 1 aliphatic rings. The average molecular weight is 228 g/mol. The number of rotatable bonds is 2. The minimum absolute atomic E-state index is 0.0382. The summed E-state index contributed by atoms with van der Waals surface area (Å²) in [5.74, 6) is 0. The van der Waals surface area contributed by atoms with E-state index in [1.807, 2.05) is 25.1 Å². The molecule has 1 fully saturated rings. The zero-order chi connectivity index (χ0) is 10.8. The first-order valence-electron chi connectivity index (χ1n) is 4.95. The molecule has 1 aromatic rings. The van der Waals surface area contributed by atoms with Crippen LogP contribution in [0.25, 0.3) is 0 Å². The van der Waals surface area contributed by atoms with Crippen molar-refractivity contribution in [2.24, 2.45) is 0 Å². The summed E-state index contributed by atoms with van der Waals surface area (Å²) in [5.41, 5.74) is 1.96. The van der Waals surface area contributed by atoms with Gasteiger partial charge in [-0.3, -0.25) is 0 Å². The number of aryl methyl sites for hydroxylation is 1. The van der Waals surface area contributed by atoms with Crippen molar-refractivity contribution in [1.82, 2.24) is 0 Å². The number of halogens is 1. The predicted octanol–water partition coefficient (Wildman–Crippen LogP) is 1.82. The highest BCUT2D eigenvalue weighted by Gasteiger charge is 2.25. The lowest BCUT2D eigenvalue weighted by molar-refractivity contribution is 0.125. The number of hydrogen-bond donors (Lipinski definition) is 2. The van der Waals surface area contributed by atoms with Gasteiger partial charge in [0.2, 0.25) is 0 Å². The maximum atomic E-state index is 9.55. The summed E-state index contributed by atoms with van der Waals surface area (Å²) in [6.45, 7) is 2.89. The number of aliphatic hydroxyl groups excluding tert-OH is 1. The Morgan fingerprint density at radius 2 is 2.27 bits per heavy atom. The highest BCUT2D eigenvalue weighted by atomic mass is 35.5. The monoisotopic (exact) mass is 227 g/mol. The number of ether oxygens (including phenoxy) is 1. The van der Waals surface area contributed by atoms with Gasteiger partial charge in [0.05, 0.1) is 25.4 Å². The van der Waals surface area contributed by atoms with Gasteiger partial charge in [0.1, 0.15) is 0 Å². The van der Waals surface area contributed by atoms with Crippen LogP contribution in [0, 0.1) is 6.92 Å². The zero-order valence-electron chi connectivity index (χ0n) is 8.53. The van der Waals surface area contributed by atoms with Crippen LogP contribution in [0.3, 0.4) is 0 Å². The van der Waals surface area contributed by atoms with Gasteiger partial charge in [0.15, 0.2) is 0 Å². The van der Waals surface area contributed by atoms with Crippen LogP contribution in [0.2, 0.25) is 5.02 Å². The van der Waals surface area contributed by atoms with Gasteiger partial charge in [-0.15, -0.1) is 0 Å². The van der Waals surface area contributed by atoms with Gasteiger partial charge in [-0.05, 0) is 24.6 Å². The second-order valence-electron chi connectivity index (χ2n) is 3.82. The molecule has 2 atom stereocenters. The highest BCUT2D eigenvalue weighted by molar-refractivity contribution is 6.31. The third-order valence-electron chi connectivity index (χ3n) is 2.57. The molecule has 1 saturated heterocycles. The molecular weight excluding hydrogens is 214 g/mol. The summed E-state index contributed by atoms with van der Waals surface area (Å²) >= 11 is 6.00. The Morgan fingerprint density at radius 1 is 1.47 bits per heavy atom. The molecule has 1 heterocycles. The van der Waals surface area contributed by atoms with Gasteiger partial charge in [0, 0.05) is 10.7 Å². The van der Waals surface area contributed by atoms with Gasteiger partial charge in [0.25, 0.3) is 0 Å². The van der Waals surface area contributed by atoms with E-state index in [0.717, 1.165) is 16.3 Å². The second-order valence-corrected chi connectivity index (χ2v) is 4.23. The van der Waals surface area contributed by atoms with Crippen molar-refractivity contribution < 1.29 is 9.84 Å². The second kappa shape index (κ2) is 4.39. The van der Waals surface area contributed by atoms with Gasteiger partial charge in [-0.25, -0.2) is 0 Å². The highest BCUT2D eigenvalue weighted by Crippen LogP contribution is 2.21. The van der Waals surface area contributed by atoms with Crippen LogP contribution in [-0.4, -0.2) is 30.5 Å². The van der Waals surface area contributed by atoms with E-state index < -0.39 is 6.10 Å². The normalized spacial score (nSPS) is 25.5. The minimum atomic E-state index is -0.440. The molecular formula is C11H14ClNO2. The molecule has 15 heavy (non-hydrogen) atoms. The van der Waals surface area contributed by atoms with Gasteiger partial charge >= 0.3 is 0 Å². The lowest BCUT2D eigenvalue weighted by atomic mass is 10.2. The van der Waals surface area contributed by atoms with Crippen LogP contribution in [0.5, 0.6) is 0 Å². The molecule has 2 N–H and O–H groups in total. The van der Waals surface area contributed by atoms with Crippen LogP contribution in [-0.2, 0) is 4.74 Å². The summed E-state index contributed by atoms with van der Waals surface area (Å²) in [7, 11) is 0. The molecule has 0 bridgehead atoms. The fourth-order valence-corrected chi connectivity index (χ4v) is 1.76. The van der Waals surface area contributed by atoms with Crippen molar-refractivity contribution in [3.05, 3.63) is 28.8 Å². The van der Waals surface area contributed by atoms with Crippen LogP contribution < -0.4 is 5.32 Å². The first-order chi connectivity index (χ1) is 7.16. The molecule has 4 heteroatoms. The van der Waals surface area contributed by atoms with Crippen LogP contribution in [0.4, 0.5) is 5.69 Å². The first-order valence-corrected chi connectivity index (χ1v) is 5.33. The number of benzene rings is 1. The SMILES string of the molecule is Cc1ccc(NC2COCC2O)cc1Cl. The van der Waals surface area contributed by atoms with Crippen molar-refractivity contribution >= 4 is 17.3 Å². The van der Waals surface area contributed by atoms with E-state index in [1.165, 1.54) is 0 Å². The van der Waals surface area contributed by atoms with Crippen LogP contribution >= 0.6 is 11.6 Å². The molecule has 3 nitrogen and oxygen atoms in total. The molecule has 82 valence electrons. The molecule has 0 spiro atoms. The maximum absolute atomic E-state index is 9.55. The minimum Gasteiger partial charge on any atom is -0.388 e. The Hall–Kier alpha value is -0.770. The largest absolute Gasteiger partial charge is 0.388 e. The standard InChI is InChI=1S/C11H14ClNO2/c1-7-2-3-8(4-9(7)12)13-10-5-15-6-11(10)14/h2-4,10-11,13-14H,5-6H2,1H3. The van der Waals surface area contributed by atoms with E-state index >= 15 is 0 Å². The lowest BCUT2D eigenvalue weighted by Gasteiger charge is -2.16. The molecule has 1 aliphatic heterocycles. The topological polar surface area (TPSA) is 41.5 Å². The molecule has 0 amide bonds. The molecule has 0 radical (unpaired) electrons. The van der Waals surface area contributed by atoms with Crippen molar-refractivity contribution in [2.75, 3.05) is 18.5 Å². The quantitative estimate of drug-likeness (QED) is 0.810. The summed E-state index contributed by atoms with van der Waals surface area (Å²) < 4.78 is 5.15. The maximum Gasteiger partial charge on any atom is 0.0996 e. The Kier molecular flexibility index (Phi) is 3.14. The van der Waals surface area contributed by atoms with Crippen molar-refractivity contribution in [3.63, 3.8) is 0 Å². The van der Waals surface area contributed by atoms with Crippen LogP contribution in [0.15, 0.2) is 18.2 Å². The molecule has 2 rings (SSSR count). The molecule has 0 saturated carbocycles. The van der Waals surface area contributed by atoms with E-state index in [9.17, 15) is 5.11 Å². The summed E-state index contributed by atoms with van der Waals surface area (Å²) in [6.07, 6.45) is -0.440. The number of hydrogen-bond acceptors (Lipinski definition) is 3. The predicted molar refractivity (Wildman–Crippen MR) is 60.4 cm³/mol. The number of aliphatic hydroxyl groups is 1. The fourth-order valence-electron chi connectivity index (χ4n) is 1.58. The third-order valence-corrected chi connectivity index (χ3v) is 2.98. The van der Waals surface area contributed by atoms with Gasteiger partial charge in [-0.2, -0.15) is 0 Å². The summed E-state index contributed by atoms with van der Waals surface area (Å²) in [5, 5.41) is 13.5. The fraction of sp³-hybridized carbons (Fsp3) is 0.455. The Bertz CT molecular complexity index is 356. The molecule has 0 aliphatic carbocycles. The van der Waals surface area contributed by atoms with Crippen molar-refractivity contribution in [3.8, 4) is 0 Å². The van der Waals surface area contributed by atoms with E-state index in [4.69, 9.17) is 16.3 Å². The average Bonchev–Trinajstić information content (AvgIpc) is 2.59. The smallest absolute Gasteiger partial charge is 0.0996 e. The van der Waals surface area contributed by atoms with Crippen molar-refractivity contribution in [2.45, 2.75) is 19.1 Å². The third kappa shape index (κ3) is 2.43. The zero-order valence-corrected chi connectivity index (χ0v) is 9.29.